The molecule has 64 valence electrons. The highest BCUT2D eigenvalue weighted by Gasteiger charge is 1.92. The standard InChI is InChI=1S/C10H14N2/c1-5-12(6-2)10(4)8-7-9(3)11/h5-8H,1-4,11H2/b8-7-. The highest BCUT2D eigenvalue weighted by Crippen LogP contribution is 2.04. The highest BCUT2D eigenvalue weighted by molar-refractivity contribution is 5.23. The summed E-state index contributed by atoms with van der Waals surface area (Å²) in [6, 6.07) is 0. The first-order chi connectivity index (χ1) is 5.61. The van der Waals surface area contributed by atoms with Crippen LogP contribution in [0.1, 0.15) is 0 Å². The molecule has 2 heteroatoms. The van der Waals surface area contributed by atoms with Crippen LogP contribution >= 0.6 is 0 Å². The Morgan fingerprint density at radius 1 is 1.08 bits per heavy atom. The number of hydrogen-bond acceptors (Lipinski definition) is 2. The van der Waals surface area contributed by atoms with E-state index in [0.29, 0.717) is 5.70 Å². The zero-order valence-corrected chi connectivity index (χ0v) is 7.16. The van der Waals surface area contributed by atoms with Crippen molar-refractivity contribution in [3.05, 3.63) is 62.3 Å². The van der Waals surface area contributed by atoms with Gasteiger partial charge in [-0.1, -0.05) is 26.3 Å². The fourth-order valence-corrected chi connectivity index (χ4v) is 0.598. The van der Waals surface area contributed by atoms with Gasteiger partial charge < -0.3 is 10.6 Å². The molecule has 0 amide bonds. The summed E-state index contributed by atoms with van der Waals surface area (Å²) in [6.07, 6.45) is 6.63. The molecule has 0 aliphatic heterocycles. The van der Waals surface area contributed by atoms with E-state index in [-0.39, 0.29) is 0 Å². The zero-order chi connectivity index (χ0) is 9.56. The lowest BCUT2D eigenvalue weighted by Gasteiger charge is -2.13. The molecule has 0 aromatic rings. The lowest BCUT2D eigenvalue weighted by molar-refractivity contribution is 0.659. The first kappa shape index (κ1) is 10.3. The van der Waals surface area contributed by atoms with Crippen molar-refractivity contribution >= 4 is 0 Å². The lowest BCUT2D eigenvalue weighted by atomic mass is 10.3. The number of rotatable bonds is 5. The fourth-order valence-electron chi connectivity index (χ4n) is 0.598. The van der Waals surface area contributed by atoms with Gasteiger partial charge >= 0.3 is 0 Å². The van der Waals surface area contributed by atoms with Crippen molar-refractivity contribution in [1.29, 1.82) is 0 Å². The first-order valence-corrected chi connectivity index (χ1v) is 3.46. The Morgan fingerprint density at radius 2 is 1.58 bits per heavy atom. The molecule has 0 saturated carbocycles. The maximum atomic E-state index is 5.33. The minimum Gasteiger partial charge on any atom is -0.399 e. The number of hydrogen-bond donors (Lipinski definition) is 1. The number of nitrogens with zero attached hydrogens (tertiary/aromatic N) is 1. The lowest BCUT2D eigenvalue weighted by Crippen LogP contribution is -2.04. The third kappa shape index (κ3) is 3.46. The van der Waals surface area contributed by atoms with Crippen molar-refractivity contribution in [2.45, 2.75) is 0 Å². The van der Waals surface area contributed by atoms with Gasteiger partial charge in [0.1, 0.15) is 0 Å². The molecule has 0 spiro atoms. The van der Waals surface area contributed by atoms with Gasteiger partial charge in [-0.15, -0.1) is 0 Å². The third-order valence-corrected chi connectivity index (χ3v) is 1.21. The van der Waals surface area contributed by atoms with Crippen LogP contribution in [0, 0.1) is 0 Å². The van der Waals surface area contributed by atoms with Crippen LogP contribution in [-0.2, 0) is 0 Å². The quantitative estimate of drug-likeness (QED) is 0.627. The Balaban J connectivity index is 4.28. The van der Waals surface area contributed by atoms with Crippen LogP contribution in [0.25, 0.3) is 0 Å². The summed E-state index contributed by atoms with van der Waals surface area (Å²) in [4.78, 5) is 1.68. The highest BCUT2D eigenvalue weighted by atomic mass is 15.1. The van der Waals surface area contributed by atoms with Crippen LogP contribution in [0.4, 0.5) is 0 Å². The average molecular weight is 162 g/mol. The molecule has 2 nitrogen and oxygen atoms in total. The van der Waals surface area contributed by atoms with Gasteiger partial charge in [0.2, 0.25) is 0 Å². The summed E-state index contributed by atoms with van der Waals surface area (Å²) >= 11 is 0. The van der Waals surface area contributed by atoms with Gasteiger partial charge in [-0.25, -0.2) is 0 Å². The molecule has 0 radical (unpaired) electrons. The summed E-state index contributed by atoms with van der Waals surface area (Å²) in [7, 11) is 0. The van der Waals surface area contributed by atoms with E-state index < -0.39 is 0 Å². The molecule has 0 aromatic carbocycles. The molecular formula is C10H14N2. The molecule has 0 fully saturated rings. The van der Waals surface area contributed by atoms with Gasteiger partial charge in [0.15, 0.2) is 0 Å². The molecule has 0 aromatic heterocycles. The molecule has 0 aliphatic rings. The van der Waals surface area contributed by atoms with Crippen LogP contribution in [0.2, 0.25) is 0 Å². The maximum absolute atomic E-state index is 5.33. The van der Waals surface area contributed by atoms with Crippen molar-refractivity contribution in [3.8, 4) is 0 Å². The van der Waals surface area contributed by atoms with E-state index >= 15 is 0 Å². The first-order valence-electron chi connectivity index (χ1n) is 3.46. The minimum atomic E-state index is 0.490. The third-order valence-electron chi connectivity index (χ3n) is 1.21. The minimum absolute atomic E-state index is 0.490. The maximum Gasteiger partial charge on any atom is 0.0377 e. The molecule has 2 N–H and O–H groups in total. The van der Waals surface area contributed by atoms with E-state index in [9.17, 15) is 0 Å². The molecule has 0 bridgehead atoms. The number of nitrogens with two attached hydrogens (primary N) is 1. The van der Waals surface area contributed by atoms with Gasteiger partial charge in [0.25, 0.3) is 0 Å². The van der Waals surface area contributed by atoms with Crippen LogP contribution in [0.15, 0.2) is 62.3 Å². The monoisotopic (exact) mass is 162 g/mol. The zero-order valence-electron chi connectivity index (χ0n) is 7.16. The number of allylic oxidation sites excluding steroid dienone is 2. The Morgan fingerprint density at radius 3 is 1.92 bits per heavy atom. The predicted molar refractivity (Wildman–Crippen MR) is 53.8 cm³/mol. The molecule has 0 aliphatic carbocycles. The Hall–Kier alpha value is -1.70. The van der Waals surface area contributed by atoms with Crippen molar-refractivity contribution in [3.63, 3.8) is 0 Å². The van der Waals surface area contributed by atoms with Gasteiger partial charge in [-0.3, -0.25) is 0 Å². The van der Waals surface area contributed by atoms with Crippen molar-refractivity contribution < 1.29 is 0 Å². The van der Waals surface area contributed by atoms with E-state index in [2.05, 4.69) is 26.3 Å². The van der Waals surface area contributed by atoms with Crippen LogP contribution in [-0.4, -0.2) is 4.90 Å². The Labute approximate surface area is 73.7 Å². The molecule has 0 rings (SSSR count). The second kappa shape index (κ2) is 5.02. The topological polar surface area (TPSA) is 29.3 Å². The second-order valence-corrected chi connectivity index (χ2v) is 2.17. The Kier molecular flexibility index (Phi) is 4.31. The van der Waals surface area contributed by atoms with E-state index in [0.717, 1.165) is 5.70 Å². The van der Waals surface area contributed by atoms with Gasteiger partial charge in [0.05, 0.1) is 0 Å². The normalized spacial score (nSPS) is 9.33. The van der Waals surface area contributed by atoms with Gasteiger partial charge in [-0.2, -0.15) is 0 Å². The van der Waals surface area contributed by atoms with Gasteiger partial charge in [0, 0.05) is 23.8 Å². The van der Waals surface area contributed by atoms with E-state index in [4.69, 9.17) is 5.73 Å². The smallest absolute Gasteiger partial charge is 0.0377 e. The molecule has 0 unspecified atom stereocenters. The average Bonchev–Trinajstić information content (AvgIpc) is 2.03. The SMILES string of the molecule is C=CN(C=C)C(=C)/C=C\C(=C)N. The second-order valence-electron chi connectivity index (χ2n) is 2.17. The van der Waals surface area contributed by atoms with Crippen molar-refractivity contribution in [2.75, 3.05) is 0 Å². The summed E-state index contributed by atoms with van der Waals surface area (Å²) in [5.74, 6) is 0. The Bertz CT molecular complexity index is 228. The summed E-state index contributed by atoms with van der Waals surface area (Å²) < 4.78 is 0. The summed E-state index contributed by atoms with van der Waals surface area (Å²) in [5.41, 5.74) is 6.56. The summed E-state index contributed by atoms with van der Waals surface area (Å²) in [5, 5.41) is 0. The molecule has 0 saturated heterocycles. The van der Waals surface area contributed by atoms with Gasteiger partial charge in [-0.05, 0) is 12.2 Å². The van der Waals surface area contributed by atoms with E-state index in [1.54, 1.807) is 29.5 Å². The largest absolute Gasteiger partial charge is 0.399 e. The summed E-state index contributed by atoms with van der Waals surface area (Å²) in [6.45, 7) is 14.5. The van der Waals surface area contributed by atoms with Crippen molar-refractivity contribution in [1.82, 2.24) is 4.90 Å². The fraction of sp³-hybridized carbons (Fsp3) is 0. The predicted octanol–water partition coefficient (Wildman–Crippen LogP) is 2.12. The molecular weight excluding hydrogens is 148 g/mol. The van der Waals surface area contributed by atoms with E-state index in [1.807, 2.05) is 0 Å². The van der Waals surface area contributed by atoms with E-state index in [1.165, 1.54) is 0 Å². The van der Waals surface area contributed by atoms with Crippen LogP contribution < -0.4 is 5.73 Å². The molecule has 0 heterocycles. The van der Waals surface area contributed by atoms with Crippen LogP contribution in [0.3, 0.4) is 0 Å². The molecule has 12 heavy (non-hydrogen) atoms. The van der Waals surface area contributed by atoms with Crippen LogP contribution in [0.5, 0.6) is 0 Å². The van der Waals surface area contributed by atoms with Crippen molar-refractivity contribution in [2.24, 2.45) is 5.73 Å². The molecule has 0 atom stereocenters.